The molecule has 2 amide bonds. The number of amides is 2. The highest BCUT2D eigenvalue weighted by Crippen LogP contribution is 2.13. The number of rotatable bonds is 5. The van der Waals surface area contributed by atoms with Crippen molar-refractivity contribution in [1.29, 1.82) is 0 Å². The van der Waals surface area contributed by atoms with Crippen molar-refractivity contribution in [3.05, 3.63) is 68.6 Å². The van der Waals surface area contributed by atoms with Crippen LogP contribution in [0.4, 0.5) is 0 Å². The largest absolute Gasteiger partial charge is 0.343 e. The van der Waals surface area contributed by atoms with Gasteiger partial charge in [0, 0.05) is 20.1 Å². The Hall–Kier alpha value is -1.99. The van der Waals surface area contributed by atoms with Crippen molar-refractivity contribution in [2.45, 2.75) is 0 Å². The van der Waals surface area contributed by atoms with E-state index >= 15 is 0 Å². The zero-order valence-electron chi connectivity index (χ0n) is 11.9. The zero-order chi connectivity index (χ0) is 16.7. The molecule has 0 aromatic heterocycles. The summed E-state index contributed by atoms with van der Waals surface area (Å²) in [6.07, 6.45) is 1.53. The first-order valence-corrected chi connectivity index (χ1v) is 8.25. The summed E-state index contributed by atoms with van der Waals surface area (Å²) in [6, 6.07) is 14.4. The minimum Gasteiger partial charge on any atom is -0.343 e. The lowest BCUT2D eigenvalue weighted by Crippen LogP contribution is -2.34. The van der Waals surface area contributed by atoms with Gasteiger partial charge in [0.2, 0.25) is 0 Å². The standard InChI is InChI=1S/C16H13Br2N3O2/c17-13-6-3-5-11(8-13)16(23)19-10-15(22)21-20-9-12-4-1-2-7-14(12)18/h1-9H,10H2,(H,19,23)(H,21,22)/b20-9-. The highest BCUT2D eigenvalue weighted by Gasteiger charge is 2.07. The molecule has 0 spiro atoms. The highest BCUT2D eigenvalue weighted by molar-refractivity contribution is 9.10. The van der Waals surface area contributed by atoms with Crippen LogP contribution in [0.15, 0.2) is 62.6 Å². The molecule has 0 aliphatic heterocycles. The van der Waals surface area contributed by atoms with E-state index in [0.717, 1.165) is 14.5 Å². The van der Waals surface area contributed by atoms with Crippen molar-refractivity contribution in [3.63, 3.8) is 0 Å². The maximum absolute atomic E-state index is 11.9. The van der Waals surface area contributed by atoms with Gasteiger partial charge < -0.3 is 5.32 Å². The average Bonchev–Trinajstić information content (AvgIpc) is 2.54. The number of benzene rings is 2. The molecule has 0 bridgehead atoms. The van der Waals surface area contributed by atoms with Crippen molar-refractivity contribution in [1.82, 2.24) is 10.7 Å². The first kappa shape index (κ1) is 17.4. The van der Waals surface area contributed by atoms with Crippen molar-refractivity contribution < 1.29 is 9.59 Å². The number of hydrogen-bond donors (Lipinski definition) is 2. The van der Waals surface area contributed by atoms with Gasteiger partial charge in [0.05, 0.1) is 12.8 Å². The molecule has 0 aliphatic carbocycles. The molecule has 0 saturated heterocycles. The molecular weight excluding hydrogens is 426 g/mol. The number of carbonyl (C=O) groups excluding carboxylic acids is 2. The topological polar surface area (TPSA) is 70.6 Å². The van der Waals surface area contributed by atoms with Gasteiger partial charge >= 0.3 is 0 Å². The van der Waals surface area contributed by atoms with E-state index in [2.05, 4.69) is 47.7 Å². The van der Waals surface area contributed by atoms with Crippen LogP contribution in [0.5, 0.6) is 0 Å². The second kappa shape index (κ2) is 8.59. The maximum Gasteiger partial charge on any atom is 0.259 e. The molecule has 0 aliphatic rings. The lowest BCUT2D eigenvalue weighted by molar-refractivity contribution is -0.120. The van der Waals surface area contributed by atoms with E-state index in [1.165, 1.54) is 6.21 Å². The van der Waals surface area contributed by atoms with Crippen LogP contribution in [0.1, 0.15) is 15.9 Å². The van der Waals surface area contributed by atoms with E-state index in [-0.39, 0.29) is 12.5 Å². The normalized spacial score (nSPS) is 10.5. The summed E-state index contributed by atoms with van der Waals surface area (Å²) in [5.41, 5.74) is 3.68. The molecule has 2 aromatic carbocycles. The number of hydrogen-bond acceptors (Lipinski definition) is 3. The third-order valence-corrected chi connectivity index (χ3v) is 4.01. The summed E-state index contributed by atoms with van der Waals surface area (Å²) in [5, 5.41) is 6.38. The molecule has 0 unspecified atom stereocenters. The van der Waals surface area contributed by atoms with Crippen LogP contribution in [-0.4, -0.2) is 24.6 Å². The molecule has 7 heteroatoms. The molecule has 5 nitrogen and oxygen atoms in total. The zero-order valence-corrected chi connectivity index (χ0v) is 15.1. The Kier molecular flexibility index (Phi) is 6.49. The van der Waals surface area contributed by atoms with E-state index in [9.17, 15) is 9.59 Å². The van der Waals surface area contributed by atoms with E-state index < -0.39 is 5.91 Å². The van der Waals surface area contributed by atoms with E-state index in [0.29, 0.717) is 5.56 Å². The van der Waals surface area contributed by atoms with Gasteiger partial charge in [-0.1, -0.05) is 56.1 Å². The Morgan fingerprint density at radius 1 is 1.09 bits per heavy atom. The fourth-order valence-electron chi connectivity index (χ4n) is 1.69. The molecule has 0 fully saturated rings. The van der Waals surface area contributed by atoms with E-state index in [1.807, 2.05) is 30.3 Å². The monoisotopic (exact) mass is 437 g/mol. The fourth-order valence-corrected chi connectivity index (χ4v) is 2.47. The Morgan fingerprint density at radius 3 is 2.61 bits per heavy atom. The fraction of sp³-hybridized carbons (Fsp3) is 0.0625. The third kappa shape index (κ3) is 5.61. The number of nitrogens with zero attached hydrogens (tertiary/aromatic N) is 1. The lowest BCUT2D eigenvalue weighted by Gasteiger charge is -2.04. The lowest BCUT2D eigenvalue weighted by atomic mass is 10.2. The van der Waals surface area contributed by atoms with Gasteiger partial charge in [-0.25, -0.2) is 5.43 Å². The van der Waals surface area contributed by atoms with Gasteiger partial charge in [-0.05, 0) is 24.3 Å². The quantitative estimate of drug-likeness (QED) is 0.556. The minimum absolute atomic E-state index is 0.154. The summed E-state index contributed by atoms with van der Waals surface area (Å²) in [6.45, 7) is -0.154. The first-order valence-electron chi connectivity index (χ1n) is 6.66. The van der Waals surface area contributed by atoms with Crippen LogP contribution >= 0.6 is 31.9 Å². The number of nitrogens with one attached hydrogen (secondary N) is 2. The molecule has 0 radical (unpaired) electrons. The van der Waals surface area contributed by atoms with Crippen molar-refractivity contribution in [3.8, 4) is 0 Å². The predicted octanol–water partition coefficient (Wildman–Crippen LogP) is 3.09. The molecule has 118 valence electrons. The van der Waals surface area contributed by atoms with E-state index in [4.69, 9.17) is 0 Å². The molecule has 2 aromatic rings. The van der Waals surface area contributed by atoms with Crippen LogP contribution in [0.3, 0.4) is 0 Å². The van der Waals surface area contributed by atoms with Gasteiger partial charge in [-0.3, -0.25) is 9.59 Å². The van der Waals surface area contributed by atoms with Gasteiger partial charge in [0.1, 0.15) is 0 Å². The van der Waals surface area contributed by atoms with Crippen LogP contribution in [-0.2, 0) is 4.79 Å². The van der Waals surface area contributed by atoms with Crippen LogP contribution in [0, 0.1) is 0 Å². The Balaban J connectivity index is 1.81. The second-order valence-corrected chi connectivity index (χ2v) is 6.28. The number of carbonyl (C=O) groups is 2. The van der Waals surface area contributed by atoms with Crippen molar-refractivity contribution in [2.24, 2.45) is 5.10 Å². The van der Waals surface area contributed by atoms with Gasteiger partial charge in [0.15, 0.2) is 0 Å². The summed E-state index contributed by atoms with van der Waals surface area (Å²) in [5.74, 6) is -0.729. The summed E-state index contributed by atoms with van der Waals surface area (Å²) >= 11 is 6.67. The summed E-state index contributed by atoms with van der Waals surface area (Å²) < 4.78 is 1.67. The molecule has 2 rings (SSSR count). The Morgan fingerprint density at radius 2 is 1.87 bits per heavy atom. The SMILES string of the molecule is O=C(CNC(=O)c1cccc(Br)c1)N/N=C\c1ccccc1Br. The second-order valence-electron chi connectivity index (χ2n) is 4.51. The molecule has 0 heterocycles. The van der Waals surface area contributed by atoms with Crippen molar-refractivity contribution >= 4 is 49.9 Å². The van der Waals surface area contributed by atoms with Gasteiger partial charge in [0.25, 0.3) is 11.8 Å². The number of hydrazone groups is 1. The van der Waals surface area contributed by atoms with Gasteiger partial charge in [-0.2, -0.15) is 5.10 Å². The molecule has 0 saturated carbocycles. The van der Waals surface area contributed by atoms with Gasteiger partial charge in [-0.15, -0.1) is 0 Å². The van der Waals surface area contributed by atoms with E-state index in [1.54, 1.807) is 18.2 Å². The molecule has 0 atom stereocenters. The molecule has 23 heavy (non-hydrogen) atoms. The predicted molar refractivity (Wildman–Crippen MR) is 96.4 cm³/mol. The summed E-state index contributed by atoms with van der Waals surface area (Å²) in [7, 11) is 0. The highest BCUT2D eigenvalue weighted by atomic mass is 79.9. The maximum atomic E-state index is 11.9. The Labute approximate surface area is 150 Å². The Bertz CT molecular complexity index is 748. The van der Waals surface area contributed by atoms with Crippen LogP contribution in [0.2, 0.25) is 0 Å². The summed E-state index contributed by atoms with van der Waals surface area (Å²) in [4.78, 5) is 23.5. The third-order valence-electron chi connectivity index (χ3n) is 2.79. The smallest absolute Gasteiger partial charge is 0.259 e. The molecule has 2 N–H and O–H groups in total. The van der Waals surface area contributed by atoms with Crippen LogP contribution < -0.4 is 10.7 Å². The first-order chi connectivity index (χ1) is 11.1. The van der Waals surface area contributed by atoms with Crippen molar-refractivity contribution in [2.75, 3.05) is 6.54 Å². The number of halogens is 2. The molecular formula is C16H13Br2N3O2. The minimum atomic E-state index is -0.406. The van der Waals surface area contributed by atoms with Crippen LogP contribution in [0.25, 0.3) is 0 Å². The average molecular weight is 439 g/mol.